The van der Waals surface area contributed by atoms with E-state index in [4.69, 9.17) is 5.73 Å². The number of aryl methyl sites for hydroxylation is 1. The SMILES string of the molecule is Cc1ccccc1C1=C2C=CC(=O)C=C2S(C)(C)c2cc(N)ccc21. The number of nitrogen functional groups attached to an aromatic ring is 1. The highest BCUT2D eigenvalue weighted by atomic mass is 32.3. The maximum Gasteiger partial charge on any atom is 0.179 e. The summed E-state index contributed by atoms with van der Waals surface area (Å²) in [6.07, 6.45) is 9.98. The summed E-state index contributed by atoms with van der Waals surface area (Å²) < 4.78 is 0. The van der Waals surface area contributed by atoms with Crippen molar-refractivity contribution in [3.63, 3.8) is 0 Å². The largest absolute Gasteiger partial charge is 0.399 e. The van der Waals surface area contributed by atoms with Gasteiger partial charge in [-0.3, -0.25) is 4.79 Å². The minimum absolute atomic E-state index is 0.0656. The Labute approximate surface area is 150 Å². The number of anilines is 1. The third-order valence-corrected chi connectivity index (χ3v) is 7.89. The zero-order chi connectivity index (χ0) is 17.8. The molecule has 1 heterocycles. The van der Waals surface area contributed by atoms with E-state index in [0.717, 1.165) is 10.6 Å². The van der Waals surface area contributed by atoms with Crippen LogP contribution in [0, 0.1) is 6.92 Å². The summed E-state index contributed by atoms with van der Waals surface area (Å²) >= 11 is 0. The lowest BCUT2D eigenvalue weighted by Crippen LogP contribution is -2.16. The number of nitrogens with two attached hydrogens (primary N) is 1. The first-order valence-corrected chi connectivity index (χ1v) is 10.7. The molecule has 0 amide bonds. The molecule has 0 saturated heterocycles. The molecule has 2 aliphatic rings. The van der Waals surface area contributed by atoms with Gasteiger partial charge in [0.25, 0.3) is 0 Å². The zero-order valence-corrected chi connectivity index (χ0v) is 15.5. The summed E-state index contributed by atoms with van der Waals surface area (Å²) in [6.45, 7) is 2.13. The summed E-state index contributed by atoms with van der Waals surface area (Å²) in [5.41, 5.74) is 12.9. The number of hydrogen-bond donors (Lipinski definition) is 1. The Morgan fingerprint density at radius 1 is 0.960 bits per heavy atom. The Hall–Kier alpha value is -2.52. The Kier molecular flexibility index (Phi) is 3.51. The number of hydrogen-bond acceptors (Lipinski definition) is 2. The van der Waals surface area contributed by atoms with Gasteiger partial charge in [-0.1, -0.05) is 30.3 Å². The van der Waals surface area contributed by atoms with E-state index >= 15 is 0 Å². The third kappa shape index (κ3) is 2.38. The first-order valence-electron chi connectivity index (χ1n) is 8.27. The van der Waals surface area contributed by atoms with Crippen molar-refractivity contribution < 1.29 is 4.79 Å². The van der Waals surface area contributed by atoms with Gasteiger partial charge in [0.1, 0.15) is 0 Å². The van der Waals surface area contributed by atoms with E-state index in [1.807, 2.05) is 18.2 Å². The molecule has 1 aliphatic heterocycles. The van der Waals surface area contributed by atoms with Gasteiger partial charge in [-0.2, -0.15) is 10.0 Å². The molecule has 0 fully saturated rings. The van der Waals surface area contributed by atoms with Crippen LogP contribution >= 0.6 is 10.0 Å². The zero-order valence-electron chi connectivity index (χ0n) is 14.7. The maximum atomic E-state index is 12.1. The number of rotatable bonds is 1. The van der Waals surface area contributed by atoms with Crippen LogP contribution in [0.1, 0.15) is 16.7 Å². The van der Waals surface area contributed by atoms with Gasteiger partial charge in [0.2, 0.25) is 0 Å². The van der Waals surface area contributed by atoms with Crippen LogP contribution in [0.5, 0.6) is 0 Å². The van der Waals surface area contributed by atoms with Crippen molar-refractivity contribution in [1.82, 2.24) is 0 Å². The molecular formula is C22H21NOS. The molecule has 0 spiro atoms. The Morgan fingerprint density at radius 2 is 1.72 bits per heavy atom. The summed E-state index contributed by atoms with van der Waals surface area (Å²) in [6, 6.07) is 14.6. The first-order chi connectivity index (χ1) is 11.9. The lowest BCUT2D eigenvalue weighted by molar-refractivity contribution is -0.110. The number of benzene rings is 2. The van der Waals surface area contributed by atoms with Crippen molar-refractivity contribution in [1.29, 1.82) is 0 Å². The Bertz CT molecular complexity index is 1010. The van der Waals surface area contributed by atoms with E-state index < -0.39 is 10.0 Å². The molecule has 3 heteroatoms. The molecule has 0 unspecified atom stereocenters. The van der Waals surface area contributed by atoms with Crippen LogP contribution in [-0.2, 0) is 4.79 Å². The lowest BCUT2D eigenvalue weighted by Gasteiger charge is -2.43. The molecular weight excluding hydrogens is 326 g/mol. The molecule has 2 N–H and O–H groups in total. The van der Waals surface area contributed by atoms with Crippen LogP contribution in [0.25, 0.3) is 5.57 Å². The Balaban J connectivity index is 2.14. The lowest BCUT2D eigenvalue weighted by atomic mass is 9.88. The highest BCUT2D eigenvalue weighted by molar-refractivity contribution is 8.36. The third-order valence-electron chi connectivity index (χ3n) is 5.01. The molecule has 126 valence electrons. The fraction of sp³-hybridized carbons (Fsp3) is 0.136. The fourth-order valence-electron chi connectivity index (χ4n) is 3.71. The summed E-state index contributed by atoms with van der Waals surface area (Å²) in [5, 5.41) is 0. The predicted molar refractivity (Wildman–Crippen MR) is 108 cm³/mol. The van der Waals surface area contributed by atoms with Crippen molar-refractivity contribution in [2.75, 3.05) is 18.2 Å². The molecule has 2 aromatic carbocycles. The number of carbonyl (C=O) groups is 1. The molecule has 4 rings (SSSR count). The van der Waals surface area contributed by atoms with Crippen LogP contribution < -0.4 is 5.73 Å². The normalized spacial score (nSPS) is 19.2. The highest BCUT2D eigenvalue weighted by Crippen LogP contribution is 2.66. The van der Waals surface area contributed by atoms with E-state index in [9.17, 15) is 4.79 Å². The average molecular weight is 347 g/mol. The van der Waals surface area contributed by atoms with E-state index in [-0.39, 0.29) is 5.78 Å². The summed E-state index contributed by atoms with van der Waals surface area (Å²) in [7, 11) is -1.30. The van der Waals surface area contributed by atoms with Gasteiger partial charge >= 0.3 is 0 Å². The fourth-order valence-corrected chi connectivity index (χ4v) is 6.22. The maximum absolute atomic E-state index is 12.1. The van der Waals surface area contributed by atoms with Crippen LogP contribution in [0.2, 0.25) is 0 Å². The monoisotopic (exact) mass is 347 g/mol. The molecule has 2 nitrogen and oxygen atoms in total. The van der Waals surface area contributed by atoms with Gasteiger partial charge in [0.15, 0.2) is 5.78 Å². The molecule has 0 aromatic heterocycles. The van der Waals surface area contributed by atoms with Crippen LogP contribution in [0.4, 0.5) is 5.69 Å². The smallest absolute Gasteiger partial charge is 0.179 e. The summed E-state index contributed by atoms with van der Waals surface area (Å²) in [5.74, 6) is 0.0656. The minimum Gasteiger partial charge on any atom is -0.399 e. The highest BCUT2D eigenvalue weighted by Gasteiger charge is 2.35. The van der Waals surface area contributed by atoms with Gasteiger partial charge < -0.3 is 5.73 Å². The van der Waals surface area contributed by atoms with E-state index in [2.05, 4.69) is 55.8 Å². The number of allylic oxidation sites excluding steroid dienone is 4. The molecule has 0 radical (unpaired) electrons. The second-order valence-corrected chi connectivity index (χ2v) is 10.5. The van der Waals surface area contributed by atoms with E-state index in [1.54, 1.807) is 6.08 Å². The van der Waals surface area contributed by atoms with Gasteiger partial charge in [-0.05, 0) is 77.6 Å². The van der Waals surface area contributed by atoms with Crippen LogP contribution in [0.3, 0.4) is 0 Å². The minimum atomic E-state index is -1.30. The standard InChI is InChI=1S/C22H21NOS/c1-14-6-4-5-7-17(14)22-18-10-8-15(23)12-20(18)25(2,3)21-13-16(24)9-11-19(21)22/h4-13H,23H2,1-3H3. The first kappa shape index (κ1) is 16.0. The van der Waals surface area contributed by atoms with Crippen LogP contribution in [0.15, 0.2) is 76.1 Å². The van der Waals surface area contributed by atoms with Gasteiger partial charge in [0.05, 0.1) is 0 Å². The van der Waals surface area contributed by atoms with Crippen molar-refractivity contribution in [2.24, 2.45) is 0 Å². The molecule has 0 bridgehead atoms. The molecule has 0 saturated carbocycles. The number of fused-ring (bicyclic) bond motifs is 2. The average Bonchev–Trinajstić information content (AvgIpc) is 2.58. The molecule has 2 aromatic rings. The van der Waals surface area contributed by atoms with Gasteiger partial charge in [0, 0.05) is 15.5 Å². The van der Waals surface area contributed by atoms with E-state index in [0.29, 0.717) is 0 Å². The number of ketones is 1. The van der Waals surface area contributed by atoms with Crippen LogP contribution in [-0.4, -0.2) is 18.3 Å². The second kappa shape index (κ2) is 5.50. The van der Waals surface area contributed by atoms with Crippen molar-refractivity contribution in [2.45, 2.75) is 11.8 Å². The van der Waals surface area contributed by atoms with Gasteiger partial charge in [-0.15, -0.1) is 0 Å². The molecule has 1 aliphatic carbocycles. The van der Waals surface area contributed by atoms with Gasteiger partial charge in [-0.25, -0.2) is 0 Å². The molecule has 25 heavy (non-hydrogen) atoms. The van der Waals surface area contributed by atoms with Crippen molar-refractivity contribution in [3.8, 4) is 0 Å². The quantitative estimate of drug-likeness (QED) is 0.750. The summed E-state index contributed by atoms with van der Waals surface area (Å²) in [4.78, 5) is 14.5. The molecule has 0 atom stereocenters. The topological polar surface area (TPSA) is 43.1 Å². The second-order valence-electron chi connectivity index (χ2n) is 6.93. The number of carbonyl (C=O) groups excluding carboxylic acids is 1. The predicted octanol–water partition coefficient (Wildman–Crippen LogP) is 4.84. The van der Waals surface area contributed by atoms with Crippen molar-refractivity contribution >= 4 is 27.1 Å². The Morgan fingerprint density at radius 3 is 2.48 bits per heavy atom. The van der Waals surface area contributed by atoms with E-state index in [1.165, 1.54) is 32.7 Å². The van der Waals surface area contributed by atoms with Crippen molar-refractivity contribution in [3.05, 3.63) is 87.9 Å².